The van der Waals surface area contributed by atoms with E-state index in [1.165, 1.54) is 0 Å². The number of imidazole rings is 1. The SMILES string of the molecule is CCOc1ccc(Cc2cn3cc(N)ccc3n2)cc1OC. The number of nitrogens with two attached hydrogens (primary N) is 1. The van der Waals surface area contributed by atoms with Gasteiger partial charge in [0.15, 0.2) is 11.5 Å². The Hall–Kier alpha value is -2.69. The number of hydrogen-bond donors (Lipinski definition) is 1. The number of benzene rings is 1. The van der Waals surface area contributed by atoms with E-state index in [0.717, 1.165) is 40.5 Å². The summed E-state index contributed by atoms with van der Waals surface area (Å²) in [4.78, 5) is 4.60. The number of anilines is 1. The fourth-order valence-corrected chi connectivity index (χ4v) is 2.45. The molecule has 3 rings (SSSR count). The zero-order valence-electron chi connectivity index (χ0n) is 12.7. The van der Waals surface area contributed by atoms with Crippen LogP contribution in [-0.2, 0) is 6.42 Å². The third kappa shape index (κ3) is 2.83. The van der Waals surface area contributed by atoms with E-state index < -0.39 is 0 Å². The van der Waals surface area contributed by atoms with Gasteiger partial charge in [-0.3, -0.25) is 0 Å². The molecule has 0 spiro atoms. The van der Waals surface area contributed by atoms with Gasteiger partial charge in [-0.25, -0.2) is 4.98 Å². The summed E-state index contributed by atoms with van der Waals surface area (Å²) in [7, 11) is 1.65. The first kappa shape index (κ1) is 14.3. The van der Waals surface area contributed by atoms with E-state index in [1.54, 1.807) is 7.11 Å². The van der Waals surface area contributed by atoms with Gasteiger partial charge in [-0.05, 0) is 36.8 Å². The van der Waals surface area contributed by atoms with Crippen LogP contribution < -0.4 is 15.2 Å². The zero-order valence-corrected chi connectivity index (χ0v) is 12.7. The summed E-state index contributed by atoms with van der Waals surface area (Å²) in [5, 5.41) is 0. The fourth-order valence-electron chi connectivity index (χ4n) is 2.45. The van der Waals surface area contributed by atoms with Gasteiger partial charge in [0, 0.05) is 24.5 Å². The Kier molecular flexibility index (Phi) is 3.87. The third-order valence-corrected chi connectivity index (χ3v) is 3.44. The lowest BCUT2D eigenvalue weighted by Crippen LogP contribution is -1.97. The van der Waals surface area contributed by atoms with Gasteiger partial charge < -0.3 is 19.6 Å². The molecule has 0 saturated heterocycles. The van der Waals surface area contributed by atoms with Crippen LogP contribution in [0, 0.1) is 0 Å². The molecule has 0 fully saturated rings. The van der Waals surface area contributed by atoms with Crippen molar-refractivity contribution in [2.45, 2.75) is 13.3 Å². The van der Waals surface area contributed by atoms with Crippen LogP contribution in [0.3, 0.4) is 0 Å². The highest BCUT2D eigenvalue weighted by molar-refractivity contribution is 5.49. The molecule has 0 unspecified atom stereocenters. The zero-order chi connectivity index (χ0) is 15.5. The molecule has 2 heterocycles. The molecule has 2 N–H and O–H groups in total. The highest BCUT2D eigenvalue weighted by atomic mass is 16.5. The Morgan fingerprint density at radius 2 is 2.00 bits per heavy atom. The standard InChI is InChI=1S/C17H19N3O2/c1-3-22-15-6-4-12(9-16(15)21-2)8-14-11-20-10-13(18)5-7-17(20)19-14/h4-7,9-11H,3,8,18H2,1-2H3. The van der Waals surface area contributed by atoms with Gasteiger partial charge in [0.2, 0.25) is 0 Å². The van der Waals surface area contributed by atoms with E-state index in [-0.39, 0.29) is 0 Å². The minimum Gasteiger partial charge on any atom is -0.493 e. The van der Waals surface area contributed by atoms with Crippen LogP contribution in [-0.4, -0.2) is 23.1 Å². The largest absolute Gasteiger partial charge is 0.493 e. The normalized spacial score (nSPS) is 10.8. The topological polar surface area (TPSA) is 61.8 Å². The van der Waals surface area contributed by atoms with Crippen LogP contribution in [0.4, 0.5) is 5.69 Å². The maximum absolute atomic E-state index is 5.79. The quantitative estimate of drug-likeness (QED) is 0.786. The highest BCUT2D eigenvalue weighted by Gasteiger charge is 2.08. The molecule has 22 heavy (non-hydrogen) atoms. The second kappa shape index (κ2) is 5.97. The molecular weight excluding hydrogens is 278 g/mol. The maximum Gasteiger partial charge on any atom is 0.161 e. The van der Waals surface area contributed by atoms with Crippen LogP contribution in [0.5, 0.6) is 11.5 Å². The van der Waals surface area contributed by atoms with Crippen molar-refractivity contribution < 1.29 is 9.47 Å². The van der Waals surface area contributed by atoms with Gasteiger partial charge in [-0.1, -0.05) is 6.07 Å². The molecule has 0 aliphatic carbocycles. The predicted octanol–water partition coefficient (Wildman–Crippen LogP) is 2.91. The molecule has 2 aromatic heterocycles. The van der Waals surface area contributed by atoms with Gasteiger partial charge >= 0.3 is 0 Å². The summed E-state index contributed by atoms with van der Waals surface area (Å²) < 4.78 is 12.9. The summed E-state index contributed by atoms with van der Waals surface area (Å²) in [6.07, 6.45) is 4.59. The molecule has 0 amide bonds. The van der Waals surface area contributed by atoms with Gasteiger partial charge in [0.05, 0.1) is 19.4 Å². The second-order valence-electron chi connectivity index (χ2n) is 5.06. The summed E-state index contributed by atoms with van der Waals surface area (Å²) >= 11 is 0. The Balaban J connectivity index is 1.87. The Morgan fingerprint density at radius 3 is 2.77 bits per heavy atom. The number of nitrogens with zero attached hydrogens (tertiary/aromatic N) is 2. The average molecular weight is 297 g/mol. The van der Waals surface area contributed by atoms with Crippen molar-refractivity contribution in [2.75, 3.05) is 19.5 Å². The van der Waals surface area contributed by atoms with E-state index in [1.807, 2.05) is 54.0 Å². The molecule has 0 aliphatic heterocycles. The van der Waals surface area contributed by atoms with Crippen molar-refractivity contribution in [3.8, 4) is 11.5 Å². The van der Waals surface area contributed by atoms with Gasteiger partial charge in [-0.15, -0.1) is 0 Å². The molecule has 5 nitrogen and oxygen atoms in total. The van der Waals surface area contributed by atoms with Crippen LogP contribution in [0.1, 0.15) is 18.2 Å². The predicted molar refractivity (Wildman–Crippen MR) is 86.6 cm³/mol. The van der Waals surface area contributed by atoms with Gasteiger partial charge in [0.1, 0.15) is 5.65 Å². The minimum atomic E-state index is 0.615. The van der Waals surface area contributed by atoms with E-state index >= 15 is 0 Å². The van der Waals surface area contributed by atoms with Crippen molar-refractivity contribution in [2.24, 2.45) is 0 Å². The molecule has 0 saturated carbocycles. The highest BCUT2D eigenvalue weighted by Crippen LogP contribution is 2.28. The lowest BCUT2D eigenvalue weighted by Gasteiger charge is -2.10. The van der Waals surface area contributed by atoms with E-state index in [2.05, 4.69) is 4.98 Å². The molecule has 114 valence electrons. The van der Waals surface area contributed by atoms with Crippen molar-refractivity contribution in [1.29, 1.82) is 0 Å². The number of hydrogen-bond acceptors (Lipinski definition) is 4. The molecule has 5 heteroatoms. The molecule has 0 bridgehead atoms. The average Bonchev–Trinajstić information content (AvgIpc) is 2.90. The molecular formula is C17H19N3O2. The Labute approximate surface area is 129 Å². The number of rotatable bonds is 5. The van der Waals surface area contributed by atoms with Crippen molar-refractivity contribution >= 4 is 11.3 Å². The number of fused-ring (bicyclic) bond motifs is 1. The second-order valence-corrected chi connectivity index (χ2v) is 5.06. The maximum atomic E-state index is 5.79. The molecule has 3 aromatic rings. The first-order chi connectivity index (χ1) is 10.7. The number of methoxy groups -OCH3 is 1. The minimum absolute atomic E-state index is 0.615. The molecule has 0 atom stereocenters. The number of ether oxygens (including phenoxy) is 2. The van der Waals surface area contributed by atoms with Gasteiger partial charge in [0.25, 0.3) is 0 Å². The van der Waals surface area contributed by atoms with Crippen molar-refractivity contribution in [3.63, 3.8) is 0 Å². The van der Waals surface area contributed by atoms with Crippen LogP contribution in [0.2, 0.25) is 0 Å². The van der Waals surface area contributed by atoms with Crippen LogP contribution in [0.15, 0.2) is 42.7 Å². The van der Waals surface area contributed by atoms with E-state index in [4.69, 9.17) is 15.2 Å². The number of pyridine rings is 1. The fraction of sp³-hybridized carbons (Fsp3) is 0.235. The monoisotopic (exact) mass is 297 g/mol. The smallest absolute Gasteiger partial charge is 0.161 e. The summed E-state index contributed by atoms with van der Waals surface area (Å²) in [5.41, 5.74) is 9.51. The van der Waals surface area contributed by atoms with Crippen LogP contribution >= 0.6 is 0 Å². The molecule has 0 aliphatic rings. The van der Waals surface area contributed by atoms with E-state index in [9.17, 15) is 0 Å². The number of aromatic nitrogens is 2. The summed E-state index contributed by atoms with van der Waals surface area (Å²) in [6, 6.07) is 9.73. The first-order valence-corrected chi connectivity index (χ1v) is 7.22. The van der Waals surface area contributed by atoms with Crippen LogP contribution in [0.25, 0.3) is 5.65 Å². The third-order valence-electron chi connectivity index (χ3n) is 3.44. The first-order valence-electron chi connectivity index (χ1n) is 7.22. The Bertz CT molecular complexity index is 796. The molecule has 0 radical (unpaired) electrons. The molecule has 1 aromatic carbocycles. The lowest BCUT2D eigenvalue weighted by atomic mass is 10.1. The Morgan fingerprint density at radius 1 is 1.14 bits per heavy atom. The summed E-state index contributed by atoms with van der Waals surface area (Å²) in [6.45, 7) is 2.57. The van der Waals surface area contributed by atoms with Crippen molar-refractivity contribution in [1.82, 2.24) is 9.38 Å². The number of nitrogen functional groups attached to an aromatic ring is 1. The summed E-state index contributed by atoms with van der Waals surface area (Å²) in [5.74, 6) is 1.50. The van der Waals surface area contributed by atoms with E-state index in [0.29, 0.717) is 6.61 Å². The van der Waals surface area contributed by atoms with Gasteiger partial charge in [-0.2, -0.15) is 0 Å². The lowest BCUT2D eigenvalue weighted by molar-refractivity contribution is 0.310. The van der Waals surface area contributed by atoms with Crippen molar-refractivity contribution in [3.05, 3.63) is 54.0 Å².